The fourth-order valence-corrected chi connectivity index (χ4v) is 2.97. The summed E-state index contributed by atoms with van der Waals surface area (Å²) in [6.45, 7) is 4.58. The van der Waals surface area contributed by atoms with Crippen molar-refractivity contribution < 1.29 is 4.79 Å². The molecule has 0 radical (unpaired) electrons. The highest BCUT2D eigenvalue weighted by atomic mass is 16.1. The minimum Gasteiger partial charge on any atom is -0.398 e. The number of nitrogens with two attached hydrogens (primary N) is 1. The van der Waals surface area contributed by atoms with Crippen molar-refractivity contribution >= 4 is 11.6 Å². The predicted molar refractivity (Wildman–Crippen MR) is 85.5 cm³/mol. The molecule has 1 aliphatic rings. The van der Waals surface area contributed by atoms with E-state index in [2.05, 4.69) is 29.6 Å². The fraction of sp³-hybridized carbons (Fsp3) is 0.278. The molecule has 1 atom stereocenters. The lowest BCUT2D eigenvalue weighted by molar-refractivity contribution is 0.0949. The van der Waals surface area contributed by atoms with E-state index in [1.807, 2.05) is 19.9 Å². The third-order valence-electron chi connectivity index (χ3n) is 4.33. The van der Waals surface area contributed by atoms with E-state index in [1.165, 1.54) is 11.1 Å². The van der Waals surface area contributed by atoms with E-state index in [0.29, 0.717) is 23.7 Å². The summed E-state index contributed by atoms with van der Waals surface area (Å²) in [4.78, 5) is 12.3. The second kappa shape index (κ2) is 5.24. The lowest BCUT2D eigenvalue weighted by atomic mass is 9.77. The van der Waals surface area contributed by atoms with Crippen LogP contribution in [0.4, 0.5) is 5.69 Å². The van der Waals surface area contributed by atoms with Crippen molar-refractivity contribution in [2.75, 3.05) is 12.3 Å². The minimum atomic E-state index is -0.0384. The van der Waals surface area contributed by atoms with E-state index in [0.717, 1.165) is 17.5 Å². The molecule has 0 saturated heterocycles. The predicted octanol–water partition coefficient (Wildman–Crippen LogP) is 2.96. The third kappa shape index (κ3) is 2.51. The van der Waals surface area contributed by atoms with Gasteiger partial charge in [0.05, 0.1) is 0 Å². The van der Waals surface area contributed by atoms with Crippen LogP contribution in [-0.2, 0) is 6.42 Å². The van der Waals surface area contributed by atoms with Crippen molar-refractivity contribution in [3.8, 4) is 0 Å². The van der Waals surface area contributed by atoms with Gasteiger partial charge in [0.25, 0.3) is 5.91 Å². The van der Waals surface area contributed by atoms with Crippen LogP contribution in [0, 0.1) is 13.8 Å². The van der Waals surface area contributed by atoms with Gasteiger partial charge in [0.2, 0.25) is 0 Å². The zero-order valence-electron chi connectivity index (χ0n) is 12.4. The summed E-state index contributed by atoms with van der Waals surface area (Å²) in [5.74, 6) is 0.400. The van der Waals surface area contributed by atoms with Crippen LogP contribution >= 0.6 is 0 Å². The van der Waals surface area contributed by atoms with E-state index in [-0.39, 0.29) is 5.91 Å². The number of aryl methyl sites for hydroxylation is 2. The zero-order chi connectivity index (χ0) is 15.0. The molecule has 3 nitrogen and oxygen atoms in total. The normalized spacial score (nSPS) is 16.0. The number of rotatable bonds is 3. The average molecular weight is 280 g/mol. The molecule has 0 saturated carbocycles. The van der Waals surface area contributed by atoms with Gasteiger partial charge in [-0.05, 0) is 48.6 Å². The zero-order valence-corrected chi connectivity index (χ0v) is 12.4. The standard InChI is InChI=1S/C18H20N2O/c1-11-7-12(2)17(19)9-16(11)18(21)20-10-14-8-13-5-3-4-6-15(13)14/h3-7,9,14H,8,10,19H2,1-2H3,(H,20,21). The summed E-state index contributed by atoms with van der Waals surface area (Å²) < 4.78 is 0. The van der Waals surface area contributed by atoms with Gasteiger partial charge in [-0.25, -0.2) is 0 Å². The Kier molecular flexibility index (Phi) is 3.42. The molecule has 3 heteroatoms. The van der Waals surface area contributed by atoms with Gasteiger partial charge in [0, 0.05) is 23.7 Å². The summed E-state index contributed by atoms with van der Waals surface area (Å²) in [6.07, 6.45) is 1.05. The van der Waals surface area contributed by atoms with Crippen LogP contribution in [0.25, 0.3) is 0 Å². The van der Waals surface area contributed by atoms with Crippen molar-refractivity contribution in [3.63, 3.8) is 0 Å². The molecule has 21 heavy (non-hydrogen) atoms. The monoisotopic (exact) mass is 280 g/mol. The van der Waals surface area contributed by atoms with Gasteiger partial charge < -0.3 is 11.1 Å². The summed E-state index contributed by atoms with van der Waals surface area (Å²) in [6, 6.07) is 12.1. The highest BCUT2D eigenvalue weighted by Crippen LogP contribution is 2.34. The molecule has 2 aromatic carbocycles. The Balaban J connectivity index is 1.67. The van der Waals surface area contributed by atoms with Gasteiger partial charge in [-0.15, -0.1) is 0 Å². The van der Waals surface area contributed by atoms with Gasteiger partial charge in [-0.1, -0.05) is 30.3 Å². The minimum absolute atomic E-state index is 0.0384. The van der Waals surface area contributed by atoms with Gasteiger partial charge in [0.15, 0.2) is 0 Å². The molecule has 3 rings (SSSR count). The Morgan fingerprint density at radius 1 is 1.24 bits per heavy atom. The number of nitrogen functional groups attached to an aromatic ring is 1. The lowest BCUT2D eigenvalue weighted by Crippen LogP contribution is -2.33. The Labute approximate surface area is 125 Å². The number of carbonyl (C=O) groups excluding carboxylic acids is 1. The number of hydrogen-bond acceptors (Lipinski definition) is 2. The SMILES string of the molecule is Cc1cc(C)c(C(=O)NCC2Cc3ccccc32)cc1N. The molecule has 108 valence electrons. The van der Waals surface area contributed by atoms with Gasteiger partial charge in [-0.2, -0.15) is 0 Å². The van der Waals surface area contributed by atoms with E-state index < -0.39 is 0 Å². The number of hydrogen-bond donors (Lipinski definition) is 2. The third-order valence-corrected chi connectivity index (χ3v) is 4.33. The Bertz CT molecular complexity index is 706. The molecule has 0 aliphatic heterocycles. The van der Waals surface area contributed by atoms with Gasteiger partial charge in [0.1, 0.15) is 0 Å². The van der Waals surface area contributed by atoms with Crippen LogP contribution in [0.5, 0.6) is 0 Å². The molecule has 0 aromatic heterocycles. The Hall–Kier alpha value is -2.29. The second-order valence-corrected chi connectivity index (χ2v) is 5.83. The van der Waals surface area contributed by atoms with Crippen molar-refractivity contribution in [1.82, 2.24) is 5.32 Å². The van der Waals surface area contributed by atoms with Crippen molar-refractivity contribution in [2.45, 2.75) is 26.2 Å². The van der Waals surface area contributed by atoms with Gasteiger partial charge >= 0.3 is 0 Å². The highest BCUT2D eigenvalue weighted by Gasteiger charge is 2.25. The molecule has 1 amide bonds. The van der Waals surface area contributed by atoms with Gasteiger partial charge in [-0.3, -0.25) is 4.79 Å². The number of carbonyl (C=O) groups is 1. The first-order valence-corrected chi connectivity index (χ1v) is 7.29. The smallest absolute Gasteiger partial charge is 0.251 e. The second-order valence-electron chi connectivity index (χ2n) is 5.83. The number of benzene rings is 2. The summed E-state index contributed by atoms with van der Waals surface area (Å²) in [5, 5.41) is 3.03. The maximum atomic E-state index is 12.3. The highest BCUT2D eigenvalue weighted by molar-refractivity contribution is 5.96. The first-order chi connectivity index (χ1) is 10.1. The van der Waals surface area contributed by atoms with Crippen molar-refractivity contribution in [3.05, 3.63) is 64.2 Å². The van der Waals surface area contributed by atoms with Crippen LogP contribution in [0.2, 0.25) is 0 Å². The Morgan fingerprint density at radius 3 is 2.76 bits per heavy atom. The first kappa shape index (κ1) is 13.7. The Morgan fingerprint density at radius 2 is 2.00 bits per heavy atom. The first-order valence-electron chi connectivity index (χ1n) is 7.29. The van der Waals surface area contributed by atoms with E-state index in [9.17, 15) is 4.79 Å². The average Bonchev–Trinajstić information content (AvgIpc) is 2.43. The van der Waals surface area contributed by atoms with Crippen LogP contribution < -0.4 is 11.1 Å². The summed E-state index contributed by atoms with van der Waals surface area (Å²) >= 11 is 0. The molecule has 0 bridgehead atoms. The molecule has 1 aliphatic carbocycles. The molecular weight excluding hydrogens is 260 g/mol. The number of amides is 1. The van der Waals surface area contributed by atoms with Crippen LogP contribution in [-0.4, -0.2) is 12.5 Å². The van der Waals surface area contributed by atoms with Crippen molar-refractivity contribution in [1.29, 1.82) is 0 Å². The summed E-state index contributed by atoms with van der Waals surface area (Å²) in [7, 11) is 0. The maximum Gasteiger partial charge on any atom is 0.251 e. The molecule has 2 aromatic rings. The fourth-order valence-electron chi connectivity index (χ4n) is 2.97. The number of fused-ring (bicyclic) bond motifs is 1. The van der Waals surface area contributed by atoms with E-state index in [1.54, 1.807) is 6.07 Å². The molecule has 1 unspecified atom stereocenters. The maximum absolute atomic E-state index is 12.3. The number of nitrogens with one attached hydrogen (secondary N) is 1. The molecule has 3 N–H and O–H groups in total. The lowest BCUT2D eigenvalue weighted by Gasteiger charge is -2.30. The van der Waals surface area contributed by atoms with Crippen LogP contribution in [0.1, 0.15) is 38.5 Å². The quantitative estimate of drug-likeness (QED) is 0.849. The summed E-state index contributed by atoms with van der Waals surface area (Å²) in [5.41, 5.74) is 12.0. The van der Waals surface area contributed by atoms with E-state index >= 15 is 0 Å². The van der Waals surface area contributed by atoms with Crippen LogP contribution in [0.15, 0.2) is 36.4 Å². The largest absolute Gasteiger partial charge is 0.398 e. The van der Waals surface area contributed by atoms with E-state index in [4.69, 9.17) is 5.73 Å². The molecule has 0 spiro atoms. The van der Waals surface area contributed by atoms with Crippen molar-refractivity contribution in [2.24, 2.45) is 0 Å². The number of anilines is 1. The molecule has 0 heterocycles. The molecule has 0 fully saturated rings. The molecular formula is C18H20N2O. The van der Waals surface area contributed by atoms with Crippen LogP contribution in [0.3, 0.4) is 0 Å². The topological polar surface area (TPSA) is 55.1 Å².